The summed E-state index contributed by atoms with van der Waals surface area (Å²) in [6.07, 6.45) is 0. The van der Waals surface area contributed by atoms with Crippen molar-refractivity contribution in [3.05, 3.63) is 5.01 Å². The number of hydrogen-bond acceptors (Lipinski definition) is 8. The molecular weight excluding hydrogens is 280 g/mol. The van der Waals surface area contributed by atoms with Gasteiger partial charge in [0.1, 0.15) is 23.1 Å². The molecule has 1 aromatic rings. The maximum absolute atomic E-state index is 11.4. The molecule has 0 bridgehead atoms. The zero-order valence-corrected chi connectivity index (χ0v) is 11.0. The Morgan fingerprint density at radius 2 is 2.28 bits per heavy atom. The summed E-state index contributed by atoms with van der Waals surface area (Å²) in [4.78, 5) is 11.4. The molecule has 0 saturated carbocycles. The van der Waals surface area contributed by atoms with Crippen LogP contribution in [0.2, 0.25) is 0 Å². The Bertz CT molecular complexity index is 560. The van der Waals surface area contributed by atoms with E-state index in [-0.39, 0.29) is 11.7 Å². The summed E-state index contributed by atoms with van der Waals surface area (Å²) in [5.74, 6) is -2.18. The van der Waals surface area contributed by atoms with Gasteiger partial charge in [0.2, 0.25) is 11.0 Å². The minimum atomic E-state index is -3.70. The molecule has 0 aromatic carbocycles. The maximum Gasteiger partial charge on any atom is 0.241 e. The van der Waals surface area contributed by atoms with Gasteiger partial charge in [-0.1, -0.05) is 11.3 Å². The quantitative estimate of drug-likeness (QED) is 0.753. The Balaban J connectivity index is 2.57. The highest BCUT2D eigenvalue weighted by molar-refractivity contribution is 7.92. The van der Waals surface area contributed by atoms with E-state index in [2.05, 4.69) is 15.5 Å². The van der Waals surface area contributed by atoms with E-state index in [0.29, 0.717) is 5.01 Å². The number of carbonyl (C=O) groups is 1. The number of nitrogens with one attached hydrogen (secondary N) is 1. The number of amides is 1. The first-order chi connectivity index (χ1) is 8.46. The predicted octanol–water partition coefficient (Wildman–Crippen LogP) is -0.439. The van der Waals surface area contributed by atoms with E-state index in [1.807, 2.05) is 0 Å². The van der Waals surface area contributed by atoms with Gasteiger partial charge in [-0.3, -0.25) is 10.1 Å². The van der Waals surface area contributed by atoms with Crippen molar-refractivity contribution >= 4 is 32.2 Å². The Labute approximate surface area is 108 Å². The summed E-state index contributed by atoms with van der Waals surface area (Å²) < 4.78 is 27.2. The maximum atomic E-state index is 11.4. The summed E-state index contributed by atoms with van der Waals surface area (Å²) in [7, 11) is -2.20. The molecule has 1 heterocycles. The van der Waals surface area contributed by atoms with E-state index in [4.69, 9.17) is 10.00 Å². The van der Waals surface area contributed by atoms with Gasteiger partial charge in [0.05, 0.1) is 6.07 Å². The lowest BCUT2D eigenvalue weighted by Gasteiger charge is -1.99. The van der Waals surface area contributed by atoms with Crippen LogP contribution in [-0.2, 0) is 26.0 Å². The molecule has 10 heteroatoms. The molecule has 0 aliphatic carbocycles. The van der Waals surface area contributed by atoms with Crippen molar-refractivity contribution < 1.29 is 17.9 Å². The number of rotatable bonds is 6. The number of nitriles is 1. The second-order valence-electron chi connectivity index (χ2n) is 3.17. The van der Waals surface area contributed by atoms with Crippen LogP contribution in [0.4, 0.5) is 5.13 Å². The third-order valence-corrected chi connectivity index (χ3v) is 3.70. The van der Waals surface area contributed by atoms with Crippen molar-refractivity contribution in [2.24, 2.45) is 0 Å². The third-order valence-electron chi connectivity index (χ3n) is 1.62. The largest absolute Gasteiger partial charge is 0.377 e. The van der Waals surface area contributed by atoms with Crippen LogP contribution in [0.5, 0.6) is 0 Å². The third kappa shape index (κ3) is 4.74. The second kappa shape index (κ2) is 6.39. The van der Waals surface area contributed by atoms with Gasteiger partial charge in [-0.05, 0) is 0 Å². The van der Waals surface area contributed by atoms with Gasteiger partial charge in [-0.2, -0.15) is 5.26 Å². The molecule has 0 atom stereocenters. The second-order valence-corrected chi connectivity index (χ2v) is 6.30. The van der Waals surface area contributed by atoms with Gasteiger partial charge in [-0.25, -0.2) is 8.42 Å². The van der Waals surface area contributed by atoms with Gasteiger partial charge in [0.25, 0.3) is 0 Å². The fraction of sp³-hybridized carbons (Fsp3) is 0.500. The van der Waals surface area contributed by atoms with Crippen molar-refractivity contribution in [3.8, 4) is 6.07 Å². The normalized spacial score (nSPS) is 10.9. The molecule has 1 aromatic heterocycles. The molecular formula is C8H10N4O4S2. The first-order valence-corrected chi connectivity index (χ1v) is 7.29. The number of ether oxygens (including phenoxy) is 1. The molecule has 0 unspecified atom stereocenters. The Morgan fingerprint density at radius 1 is 1.56 bits per heavy atom. The lowest BCUT2D eigenvalue weighted by molar-refractivity contribution is -0.113. The van der Waals surface area contributed by atoms with Crippen LogP contribution in [0.3, 0.4) is 0 Å². The molecule has 1 N–H and O–H groups in total. The summed E-state index contributed by atoms with van der Waals surface area (Å²) in [5, 5.41) is 18.7. The summed E-state index contributed by atoms with van der Waals surface area (Å²) >= 11 is 1.09. The zero-order valence-electron chi connectivity index (χ0n) is 9.41. The lowest BCUT2D eigenvalue weighted by Crippen LogP contribution is -2.24. The molecule has 98 valence electrons. The number of nitrogens with zero attached hydrogens (tertiary/aromatic N) is 3. The van der Waals surface area contributed by atoms with Gasteiger partial charge in [-0.15, -0.1) is 10.2 Å². The summed E-state index contributed by atoms with van der Waals surface area (Å²) in [6, 6.07) is 1.49. The van der Waals surface area contributed by atoms with Crippen LogP contribution in [0.25, 0.3) is 0 Å². The van der Waals surface area contributed by atoms with Gasteiger partial charge < -0.3 is 4.74 Å². The molecule has 0 radical (unpaired) electrons. The number of hydrogen-bond donors (Lipinski definition) is 1. The molecule has 0 aliphatic heterocycles. The molecule has 8 nitrogen and oxygen atoms in total. The number of anilines is 1. The number of methoxy groups -OCH3 is 1. The number of carbonyl (C=O) groups excluding carboxylic acids is 1. The standard InChI is InChI=1S/C8H10N4O4S2/c1-16-4-7-11-12-8(17-7)10-6(13)5-18(14,15)3-2-9/h3-5H2,1H3,(H,10,12,13). The Hall–Kier alpha value is -1.57. The van der Waals surface area contributed by atoms with E-state index in [1.165, 1.54) is 13.2 Å². The molecule has 0 spiro atoms. The molecule has 1 amide bonds. The SMILES string of the molecule is COCc1nnc(NC(=O)CS(=O)(=O)CC#N)s1. The van der Waals surface area contributed by atoms with Crippen molar-refractivity contribution in [2.75, 3.05) is 23.9 Å². The smallest absolute Gasteiger partial charge is 0.241 e. The molecule has 18 heavy (non-hydrogen) atoms. The minimum absolute atomic E-state index is 0.194. The highest BCUT2D eigenvalue weighted by Gasteiger charge is 2.17. The monoisotopic (exact) mass is 290 g/mol. The molecule has 0 fully saturated rings. The van der Waals surface area contributed by atoms with E-state index in [0.717, 1.165) is 11.3 Å². The molecule has 0 saturated heterocycles. The Kier molecular flexibility index (Phi) is 5.14. The minimum Gasteiger partial charge on any atom is -0.377 e. The summed E-state index contributed by atoms with van der Waals surface area (Å²) in [5.41, 5.74) is 0. The average molecular weight is 290 g/mol. The van der Waals surface area contributed by atoms with Crippen LogP contribution < -0.4 is 5.32 Å². The van der Waals surface area contributed by atoms with E-state index >= 15 is 0 Å². The topological polar surface area (TPSA) is 122 Å². The van der Waals surface area contributed by atoms with Crippen molar-refractivity contribution in [1.82, 2.24) is 10.2 Å². The van der Waals surface area contributed by atoms with Gasteiger partial charge >= 0.3 is 0 Å². The van der Waals surface area contributed by atoms with Crippen molar-refractivity contribution in [1.29, 1.82) is 5.26 Å². The van der Waals surface area contributed by atoms with E-state index in [9.17, 15) is 13.2 Å². The van der Waals surface area contributed by atoms with Crippen molar-refractivity contribution in [2.45, 2.75) is 6.61 Å². The van der Waals surface area contributed by atoms with Crippen LogP contribution in [0, 0.1) is 11.3 Å². The Morgan fingerprint density at radius 3 is 2.89 bits per heavy atom. The fourth-order valence-corrected chi connectivity index (χ4v) is 2.49. The van der Waals surface area contributed by atoms with Gasteiger partial charge in [0.15, 0.2) is 9.84 Å². The highest BCUT2D eigenvalue weighted by Crippen LogP contribution is 2.15. The van der Waals surface area contributed by atoms with Crippen LogP contribution >= 0.6 is 11.3 Å². The number of sulfone groups is 1. The lowest BCUT2D eigenvalue weighted by atomic mass is 10.7. The average Bonchev–Trinajstić information content (AvgIpc) is 2.64. The molecule has 1 rings (SSSR count). The van der Waals surface area contributed by atoms with Gasteiger partial charge in [0, 0.05) is 7.11 Å². The first kappa shape index (κ1) is 14.5. The first-order valence-electron chi connectivity index (χ1n) is 4.65. The van der Waals surface area contributed by atoms with Crippen molar-refractivity contribution in [3.63, 3.8) is 0 Å². The number of aromatic nitrogens is 2. The van der Waals surface area contributed by atoms with Crippen LogP contribution in [-0.4, -0.2) is 43.1 Å². The predicted molar refractivity (Wildman–Crippen MR) is 63.5 cm³/mol. The summed E-state index contributed by atoms with van der Waals surface area (Å²) in [6.45, 7) is 0.264. The van der Waals surface area contributed by atoms with Crippen LogP contribution in [0.1, 0.15) is 5.01 Å². The zero-order chi connectivity index (χ0) is 13.6. The molecule has 0 aliphatic rings. The fourth-order valence-electron chi connectivity index (χ4n) is 0.990. The van der Waals surface area contributed by atoms with Crippen LogP contribution in [0.15, 0.2) is 0 Å². The highest BCUT2D eigenvalue weighted by atomic mass is 32.2. The van der Waals surface area contributed by atoms with E-state index < -0.39 is 27.3 Å². The van der Waals surface area contributed by atoms with E-state index in [1.54, 1.807) is 0 Å².